The van der Waals surface area contributed by atoms with E-state index >= 15 is 0 Å². The largest absolute Gasteiger partial charge is 0.388 e. The van der Waals surface area contributed by atoms with E-state index in [9.17, 15) is 5.11 Å². The van der Waals surface area contributed by atoms with Crippen LogP contribution in [0.2, 0.25) is 0 Å². The molecule has 0 fully saturated rings. The smallest absolute Gasteiger partial charge is 0.0792 e. The Morgan fingerprint density at radius 2 is 1.87 bits per heavy atom. The van der Waals surface area contributed by atoms with Gasteiger partial charge in [-0.25, -0.2) is 0 Å². The first-order valence-electron chi connectivity index (χ1n) is 5.49. The minimum Gasteiger partial charge on any atom is -0.388 e. The third-order valence-electron chi connectivity index (χ3n) is 2.82. The summed E-state index contributed by atoms with van der Waals surface area (Å²) in [7, 11) is 0. The summed E-state index contributed by atoms with van der Waals surface area (Å²) in [5, 5.41) is 9.98. The number of thioether (sulfide) groups is 1. The van der Waals surface area contributed by atoms with Crippen LogP contribution in [-0.4, -0.2) is 11.4 Å². The fraction of sp³-hybridized carbons (Fsp3) is 0.538. The summed E-state index contributed by atoms with van der Waals surface area (Å²) in [5.41, 5.74) is 1.04. The third-order valence-corrected chi connectivity index (χ3v) is 3.57. The number of benzene rings is 1. The topological polar surface area (TPSA) is 20.2 Å². The van der Waals surface area contributed by atoms with Crippen LogP contribution in [0.5, 0.6) is 0 Å². The van der Waals surface area contributed by atoms with Gasteiger partial charge < -0.3 is 5.11 Å². The zero-order chi connectivity index (χ0) is 11.3. The van der Waals surface area contributed by atoms with Gasteiger partial charge >= 0.3 is 0 Å². The highest BCUT2D eigenvalue weighted by atomic mass is 32.2. The number of aliphatic hydroxyl groups is 1. The molecule has 1 nitrogen and oxygen atoms in total. The molecule has 0 bridgehead atoms. The summed E-state index contributed by atoms with van der Waals surface area (Å²) >= 11 is 1.73. The first-order chi connectivity index (χ1) is 7.17. The van der Waals surface area contributed by atoms with Gasteiger partial charge in [-0.2, -0.15) is 0 Å². The molecule has 1 rings (SSSR count). The molecule has 2 unspecified atom stereocenters. The highest BCUT2D eigenvalue weighted by molar-refractivity contribution is 7.98. The Morgan fingerprint density at radius 1 is 1.27 bits per heavy atom. The van der Waals surface area contributed by atoms with Gasteiger partial charge in [-0.1, -0.05) is 32.4 Å². The number of rotatable bonds is 5. The molecule has 1 N–H and O–H groups in total. The van der Waals surface area contributed by atoms with Crippen LogP contribution in [0.25, 0.3) is 0 Å². The van der Waals surface area contributed by atoms with Crippen molar-refractivity contribution in [1.82, 2.24) is 0 Å². The van der Waals surface area contributed by atoms with Gasteiger partial charge in [0, 0.05) is 4.90 Å². The maximum atomic E-state index is 9.98. The second-order valence-corrected chi connectivity index (χ2v) is 4.92. The molecule has 0 heterocycles. The van der Waals surface area contributed by atoms with Gasteiger partial charge in [0.2, 0.25) is 0 Å². The molecular formula is C13H20OS. The van der Waals surface area contributed by atoms with Crippen LogP contribution in [0.3, 0.4) is 0 Å². The van der Waals surface area contributed by atoms with Crippen molar-refractivity contribution in [3.63, 3.8) is 0 Å². The zero-order valence-electron chi connectivity index (χ0n) is 9.73. The van der Waals surface area contributed by atoms with Crippen LogP contribution in [-0.2, 0) is 0 Å². The Labute approximate surface area is 96.9 Å². The molecule has 0 aliphatic rings. The maximum Gasteiger partial charge on any atom is 0.0792 e. The van der Waals surface area contributed by atoms with Crippen molar-refractivity contribution < 1.29 is 5.11 Å². The molecule has 0 saturated carbocycles. The standard InChI is InChI=1S/C13H20OS/c1-4-10(2)9-13(14)11-5-7-12(15-3)8-6-11/h5-8,10,13-14H,4,9H2,1-3H3. The van der Waals surface area contributed by atoms with E-state index in [1.807, 2.05) is 12.1 Å². The van der Waals surface area contributed by atoms with Crippen LogP contribution < -0.4 is 0 Å². The van der Waals surface area contributed by atoms with Gasteiger partial charge in [-0.05, 0) is 36.3 Å². The molecule has 0 aromatic heterocycles. The summed E-state index contributed by atoms with van der Waals surface area (Å²) < 4.78 is 0. The van der Waals surface area contributed by atoms with Crippen molar-refractivity contribution in [3.8, 4) is 0 Å². The minimum atomic E-state index is -0.309. The summed E-state index contributed by atoms with van der Waals surface area (Å²) in [6.45, 7) is 4.34. The molecule has 15 heavy (non-hydrogen) atoms. The molecule has 1 aromatic rings. The zero-order valence-corrected chi connectivity index (χ0v) is 10.6. The lowest BCUT2D eigenvalue weighted by Crippen LogP contribution is -2.03. The minimum absolute atomic E-state index is 0.309. The highest BCUT2D eigenvalue weighted by Crippen LogP contribution is 2.24. The van der Waals surface area contributed by atoms with Crippen molar-refractivity contribution in [2.24, 2.45) is 5.92 Å². The number of hydrogen-bond donors (Lipinski definition) is 1. The Bertz CT molecular complexity index is 281. The van der Waals surface area contributed by atoms with Gasteiger partial charge in [-0.3, -0.25) is 0 Å². The van der Waals surface area contributed by atoms with E-state index < -0.39 is 0 Å². The average Bonchev–Trinajstić information content (AvgIpc) is 2.29. The van der Waals surface area contributed by atoms with E-state index in [0.717, 1.165) is 18.4 Å². The molecule has 1 aromatic carbocycles. The lowest BCUT2D eigenvalue weighted by Gasteiger charge is -2.15. The predicted octanol–water partition coefficient (Wildman–Crippen LogP) is 3.88. The van der Waals surface area contributed by atoms with Crippen molar-refractivity contribution >= 4 is 11.8 Å². The Kier molecular flexibility index (Phi) is 5.20. The summed E-state index contributed by atoms with van der Waals surface area (Å²) in [6, 6.07) is 8.19. The summed E-state index contributed by atoms with van der Waals surface area (Å²) in [5.74, 6) is 0.584. The van der Waals surface area contributed by atoms with Crippen LogP contribution >= 0.6 is 11.8 Å². The first kappa shape index (κ1) is 12.6. The van der Waals surface area contributed by atoms with Crippen LogP contribution in [0, 0.1) is 5.92 Å². The Morgan fingerprint density at radius 3 is 2.33 bits per heavy atom. The fourth-order valence-electron chi connectivity index (χ4n) is 1.51. The molecule has 0 aliphatic heterocycles. The molecule has 0 saturated heterocycles. The lowest BCUT2D eigenvalue weighted by atomic mass is 9.96. The lowest BCUT2D eigenvalue weighted by molar-refractivity contribution is 0.146. The van der Waals surface area contributed by atoms with Crippen LogP contribution in [0.15, 0.2) is 29.2 Å². The SMILES string of the molecule is CCC(C)CC(O)c1ccc(SC)cc1. The van der Waals surface area contributed by atoms with E-state index in [0.29, 0.717) is 5.92 Å². The van der Waals surface area contributed by atoms with Crippen LogP contribution in [0.1, 0.15) is 38.4 Å². The van der Waals surface area contributed by atoms with E-state index in [1.54, 1.807) is 11.8 Å². The van der Waals surface area contributed by atoms with Gasteiger partial charge in [0.1, 0.15) is 0 Å². The molecule has 0 amide bonds. The van der Waals surface area contributed by atoms with Crippen molar-refractivity contribution in [1.29, 1.82) is 0 Å². The Balaban J connectivity index is 2.61. The Hall–Kier alpha value is -0.470. The predicted molar refractivity (Wildman–Crippen MR) is 67.3 cm³/mol. The van der Waals surface area contributed by atoms with Crippen molar-refractivity contribution in [2.75, 3.05) is 6.26 Å². The second-order valence-electron chi connectivity index (χ2n) is 4.04. The second kappa shape index (κ2) is 6.19. The van der Waals surface area contributed by atoms with Gasteiger partial charge in [0.05, 0.1) is 6.10 Å². The molecule has 0 aliphatic carbocycles. The molecule has 0 spiro atoms. The number of aliphatic hydroxyl groups excluding tert-OH is 1. The fourth-order valence-corrected chi connectivity index (χ4v) is 1.92. The molecule has 2 atom stereocenters. The van der Waals surface area contributed by atoms with Crippen LogP contribution in [0.4, 0.5) is 0 Å². The molecule has 84 valence electrons. The average molecular weight is 224 g/mol. The molecule has 2 heteroatoms. The first-order valence-corrected chi connectivity index (χ1v) is 6.71. The van der Waals surface area contributed by atoms with Gasteiger partial charge in [-0.15, -0.1) is 11.8 Å². The van der Waals surface area contributed by atoms with E-state index in [2.05, 4.69) is 32.2 Å². The van der Waals surface area contributed by atoms with Crippen molar-refractivity contribution in [2.45, 2.75) is 37.7 Å². The van der Waals surface area contributed by atoms with Gasteiger partial charge in [0.25, 0.3) is 0 Å². The monoisotopic (exact) mass is 224 g/mol. The normalized spacial score (nSPS) is 14.9. The van der Waals surface area contributed by atoms with E-state index in [1.165, 1.54) is 4.90 Å². The van der Waals surface area contributed by atoms with Crippen molar-refractivity contribution in [3.05, 3.63) is 29.8 Å². The summed E-state index contributed by atoms with van der Waals surface area (Å²) in [6.07, 6.45) is 3.73. The van der Waals surface area contributed by atoms with Gasteiger partial charge in [0.15, 0.2) is 0 Å². The van der Waals surface area contributed by atoms with E-state index in [-0.39, 0.29) is 6.10 Å². The van der Waals surface area contributed by atoms with E-state index in [4.69, 9.17) is 0 Å². The third kappa shape index (κ3) is 3.88. The summed E-state index contributed by atoms with van der Waals surface area (Å²) in [4.78, 5) is 1.24. The number of hydrogen-bond acceptors (Lipinski definition) is 2. The molecular weight excluding hydrogens is 204 g/mol. The highest BCUT2D eigenvalue weighted by Gasteiger charge is 2.10. The maximum absolute atomic E-state index is 9.98. The quantitative estimate of drug-likeness (QED) is 0.766. The molecule has 0 radical (unpaired) electrons.